The van der Waals surface area contributed by atoms with Crippen molar-refractivity contribution >= 4 is 0 Å². The number of hydrogen-bond acceptors (Lipinski definition) is 4. The Bertz CT molecular complexity index is 953. The Hall–Kier alpha value is -2.88. The van der Waals surface area contributed by atoms with Crippen LogP contribution in [-0.4, -0.2) is 45.1 Å². The number of phenolic OH excluding ortho intramolecular Hbond substituents is 2. The smallest absolute Gasteiger partial charge is 0.430 e. The largest absolute Gasteiger partial charge is 0.508 e. The highest BCUT2D eigenvalue weighted by atomic mass is 19.4. The van der Waals surface area contributed by atoms with Gasteiger partial charge in [0.25, 0.3) is 11.2 Å². The number of aliphatic hydroxyl groups is 2. The van der Waals surface area contributed by atoms with Crippen LogP contribution in [-0.2, 0) is 11.2 Å². The molecule has 0 bridgehead atoms. The first-order valence-electron chi connectivity index (χ1n) is 8.39. The van der Waals surface area contributed by atoms with Crippen LogP contribution >= 0.6 is 0 Å². The highest BCUT2D eigenvalue weighted by molar-refractivity contribution is 5.75. The Morgan fingerprint density at radius 1 is 0.441 bits per heavy atom. The minimum atomic E-state index is -6.64. The Morgan fingerprint density at radius 3 is 0.882 bits per heavy atom. The highest BCUT2D eigenvalue weighted by Gasteiger charge is 2.74. The number of halogens is 12. The number of benzene rings is 2. The lowest BCUT2D eigenvalue weighted by molar-refractivity contribution is -0.377. The molecule has 0 unspecified atom stereocenters. The maximum absolute atomic E-state index is 13.4. The monoisotopic (exact) mass is 518 g/mol. The van der Waals surface area contributed by atoms with Crippen LogP contribution in [0.5, 0.6) is 11.5 Å². The van der Waals surface area contributed by atoms with E-state index in [1.807, 2.05) is 0 Å². The van der Waals surface area contributed by atoms with Crippen LogP contribution in [0.2, 0.25) is 0 Å². The van der Waals surface area contributed by atoms with Crippen LogP contribution in [0.25, 0.3) is 11.1 Å². The molecule has 0 atom stereocenters. The average molecular weight is 518 g/mol. The molecular formula is C18H10F12O4. The molecule has 34 heavy (non-hydrogen) atoms. The van der Waals surface area contributed by atoms with Gasteiger partial charge in [-0.15, -0.1) is 0 Å². The summed E-state index contributed by atoms with van der Waals surface area (Å²) in [5, 5.41) is 38.2. The molecule has 16 heteroatoms. The van der Waals surface area contributed by atoms with Gasteiger partial charge in [0.2, 0.25) is 0 Å². The minimum absolute atomic E-state index is 0.0656. The van der Waals surface area contributed by atoms with Crippen LogP contribution in [0.3, 0.4) is 0 Å². The quantitative estimate of drug-likeness (QED) is 0.411. The van der Waals surface area contributed by atoms with Gasteiger partial charge in [0.15, 0.2) is 0 Å². The fourth-order valence-corrected chi connectivity index (χ4v) is 3.07. The summed E-state index contributed by atoms with van der Waals surface area (Å²) < 4.78 is 161. The van der Waals surface area contributed by atoms with E-state index in [4.69, 9.17) is 0 Å². The molecule has 2 aromatic rings. The maximum Gasteiger partial charge on any atom is 0.430 e. The summed E-state index contributed by atoms with van der Waals surface area (Å²) in [6.45, 7) is 0. The fourth-order valence-electron chi connectivity index (χ4n) is 3.07. The molecule has 0 aliphatic heterocycles. The summed E-state index contributed by atoms with van der Waals surface area (Å²) in [6, 6.07) is 0.0123. The van der Waals surface area contributed by atoms with E-state index in [1.54, 1.807) is 0 Å². The number of phenols is 2. The predicted molar refractivity (Wildman–Crippen MR) is 87.2 cm³/mol. The van der Waals surface area contributed by atoms with Crippen LogP contribution < -0.4 is 0 Å². The summed E-state index contributed by atoms with van der Waals surface area (Å²) in [4.78, 5) is 0. The second-order valence-electron chi connectivity index (χ2n) is 6.87. The molecule has 0 saturated heterocycles. The molecule has 0 saturated carbocycles. The number of aromatic hydroxyl groups is 2. The van der Waals surface area contributed by atoms with E-state index in [0.29, 0.717) is 12.1 Å². The van der Waals surface area contributed by atoms with Crippen molar-refractivity contribution in [3.05, 3.63) is 47.5 Å². The molecule has 2 rings (SSSR count). The van der Waals surface area contributed by atoms with Crippen molar-refractivity contribution in [2.75, 3.05) is 0 Å². The van der Waals surface area contributed by atoms with Crippen molar-refractivity contribution in [2.45, 2.75) is 35.9 Å². The lowest BCUT2D eigenvalue weighted by atomic mass is 9.80. The molecule has 0 fully saturated rings. The van der Waals surface area contributed by atoms with Crippen LogP contribution in [0.1, 0.15) is 11.1 Å². The molecule has 0 aliphatic rings. The van der Waals surface area contributed by atoms with Gasteiger partial charge in [-0.05, 0) is 35.4 Å². The normalized spacial score (nSPS) is 14.4. The molecule has 4 nitrogen and oxygen atoms in total. The van der Waals surface area contributed by atoms with Crippen molar-refractivity contribution in [1.82, 2.24) is 0 Å². The van der Waals surface area contributed by atoms with Gasteiger partial charge in [-0.3, -0.25) is 0 Å². The molecule has 0 heterocycles. The van der Waals surface area contributed by atoms with E-state index in [0.717, 1.165) is 0 Å². The van der Waals surface area contributed by atoms with Crippen LogP contribution in [0.15, 0.2) is 36.4 Å². The highest BCUT2D eigenvalue weighted by Crippen LogP contribution is 2.56. The second kappa shape index (κ2) is 7.83. The second-order valence-corrected chi connectivity index (χ2v) is 6.87. The standard InChI is InChI=1S/C18H10F12O4/c19-15(20,21)13(33,16(22,23)24)11-5-7(31)1-3-9(11)10-4-2-8(32)6-12(10)14(34,17(25,26)27)18(28,29)30/h1-6,31-34H. The molecular weight excluding hydrogens is 508 g/mol. The maximum atomic E-state index is 13.4. The molecule has 4 N–H and O–H groups in total. The van der Waals surface area contributed by atoms with Crippen molar-refractivity contribution in [1.29, 1.82) is 0 Å². The Balaban J connectivity index is 3.12. The summed E-state index contributed by atoms with van der Waals surface area (Å²) in [7, 11) is 0. The summed E-state index contributed by atoms with van der Waals surface area (Å²) in [5.74, 6) is -2.76. The third kappa shape index (κ3) is 4.08. The van der Waals surface area contributed by atoms with Gasteiger partial charge in [-0.25, -0.2) is 0 Å². The molecule has 190 valence electrons. The SMILES string of the molecule is Oc1ccc(-c2ccc(O)cc2C(O)(C(F)(F)F)C(F)(F)F)c(C(O)(C(F)(F)F)C(F)(F)F)c1. The third-order valence-corrected chi connectivity index (χ3v) is 4.72. The van der Waals surface area contributed by atoms with E-state index in [-0.39, 0.29) is 24.3 Å². The third-order valence-electron chi connectivity index (χ3n) is 4.72. The minimum Gasteiger partial charge on any atom is -0.508 e. The van der Waals surface area contributed by atoms with Crippen molar-refractivity contribution in [2.24, 2.45) is 0 Å². The van der Waals surface area contributed by atoms with E-state index >= 15 is 0 Å². The van der Waals surface area contributed by atoms with Gasteiger partial charge >= 0.3 is 24.7 Å². The van der Waals surface area contributed by atoms with E-state index < -0.39 is 69.7 Å². The van der Waals surface area contributed by atoms with Crippen LogP contribution in [0.4, 0.5) is 52.7 Å². The van der Waals surface area contributed by atoms with Gasteiger partial charge in [-0.2, -0.15) is 52.7 Å². The van der Waals surface area contributed by atoms with Gasteiger partial charge < -0.3 is 20.4 Å². The van der Waals surface area contributed by atoms with Crippen LogP contribution in [0, 0.1) is 0 Å². The number of rotatable bonds is 3. The molecule has 0 amide bonds. The lowest BCUT2D eigenvalue weighted by Crippen LogP contribution is -2.55. The van der Waals surface area contributed by atoms with E-state index in [1.165, 1.54) is 0 Å². The zero-order chi connectivity index (χ0) is 26.7. The molecule has 0 aliphatic carbocycles. The Kier molecular flexibility index (Phi) is 6.30. The van der Waals surface area contributed by atoms with E-state index in [2.05, 4.69) is 0 Å². The summed E-state index contributed by atoms with van der Waals surface area (Å²) in [6.07, 6.45) is -26.6. The Labute approximate surface area is 180 Å². The topological polar surface area (TPSA) is 80.9 Å². The van der Waals surface area contributed by atoms with Gasteiger partial charge in [0.05, 0.1) is 0 Å². The van der Waals surface area contributed by atoms with Gasteiger partial charge in [0.1, 0.15) is 11.5 Å². The van der Waals surface area contributed by atoms with Gasteiger partial charge in [0, 0.05) is 11.1 Å². The van der Waals surface area contributed by atoms with Crippen molar-refractivity contribution in [3.8, 4) is 22.6 Å². The molecule has 0 radical (unpaired) electrons. The molecule has 2 aromatic carbocycles. The zero-order valence-corrected chi connectivity index (χ0v) is 15.8. The molecule has 0 spiro atoms. The van der Waals surface area contributed by atoms with E-state index in [9.17, 15) is 73.1 Å². The van der Waals surface area contributed by atoms with Crippen molar-refractivity contribution < 1.29 is 73.1 Å². The first kappa shape index (κ1) is 27.4. The zero-order valence-electron chi connectivity index (χ0n) is 15.8. The predicted octanol–water partition coefficient (Wildman–Crippen LogP) is 5.39. The fraction of sp³-hybridized carbons (Fsp3) is 0.333. The summed E-state index contributed by atoms with van der Waals surface area (Å²) in [5.41, 5.74) is -20.0. The van der Waals surface area contributed by atoms with Gasteiger partial charge in [-0.1, -0.05) is 12.1 Å². The number of hydrogen-bond donors (Lipinski definition) is 4. The number of alkyl halides is 12. The Morgan fingerprint density at radius 2 is 0.676 bits per heavy atom. The first-order valence-corrected chi connectivity index (χ1v) is 8.39. The lowest BCUT2D eigenvalue weighted by Gasteiger charge is -2.36. The first-order chi connectivity index (χ1) is 15.0. The van der Waals surface area contributed by atoms with Crippen molar-refractivity contribution in [3.63, 3.8) is 0 Å². The average Bonchev–Trinajstić information content (AvgIpc) is 2.63. The molecule has 0 aromatic heterocycles. The summed E-state index contributed by atoms with van der Waals surface area (Å²) >= 11 is 0.